The smallest absolute Gasteiger partial charge is 0.287 e. The zero-order chi connectivity index (χ0) is 18.6. The molecule has 2 heterocycles. The van der Waals surface area contributed by atoms with Gasteiger partial charge in [-0.15, -0.1) is 0 Å². The molecule has 4 aromatic rings. The molecule has 1 amide bonds. The van der Waals surface area contributed by atoms with Crippen LogP contribution in [0.1, 0.15) is 11.1 Å². The van der Waals surface area contributed by atoms with Crippen molar-refractivity contribution in [1.82, 2.24) is 20.4 Å². The molecule has 0 bridgehead atoms. The number of carbonyl (C=O) groups excluding carboxylic acids is 1. The van der Waals surface area contributed by atoms with Gasteiger partial charge in [0.2, 0.25) is 0 Å². The molecule has 0 aliphatic carbocycles. The maximum Gasteiger partial charge on any atom is 0.287 e. The van der Waals surface area contributed by atoms with Crippen LogP contribution < -0.4 is 11.2 Å². The average molecular weight is 356 g/mol. The molecule has 0 aliphatic heterocycles. The van der Waals surface area contributed by atoms with Gasteiger partial charge in [-0.3, -0.25) is 14.8 Å². The third-order valence-electron chi connectivity index (χ3n) is 4.07. The molecule has 0 saturated carbocycles. The van der Waals surface area contributed by atoms with Crippen molar-refractivity contribution in [3.05, 3.63) is 77.9 Å². The van der Waals surface area contributed by atoms with Crippen LogP contribution >= 0.6 is 0 Å². The number of benzene rings is 2. The summed E-state index contributed by atoms with van der Waals surface area (Å²) in [5.41, 5.74) is 12.6. The number of hydrogen-bond acceptors (Lipinski definition) is 5. The van der Waals surface area contributed by atoms with Crippen molar-refractivity contribution in [1.29, 1.82) is 0 Å². The van der Waals surface area contributed by atoms with Gasteiger partial charge in [0.1, 0.15) is 0 Å². The summed E-state index contributed by atoms with van der Waals surface area (Å²) in [6.45, 7) is 0. The monoisotopic (exact) mass is 356 g/mol. The topological polar surface area (TPSA) is 109 Å². The highest BCUT2D eigenvalue weighted by Crippen LogP contribution is 2.19. The summed E-state index contributed by atoms with van der Waals surface area (Å²) in [7, 11) is 0. The van der Waals surface area contributed by atoms with Crippen molar-refractivity contribution in [2.45, 2.75) is 0 Å². The molecule has 0 spiro atoms. The molecule has 7 nitrogen and oxygen atoms in total. The zero-order valence-corrected chi connectivity index (χ0v) is 14.3. The first kappa shape index (κ1) is 16.5. The lowest BCUT2D eigenvalue weighted by Gasteiger charge is -2.00. The Morgan fingerprint density at radius 2 is 1.93 bits per heavy atom. The molecule has 27 heavy (non-hydrogen) atoms. The number of fused-ring (bicyclic) bond motifs is 2. The van der Waals surface area contributed by atoms with Gasteiger partial charge in [0.15, 0.2) is 0 Å². The van der Waals surface area contributed by atoms with E-state index in [2.05, 4.69) is 25.5 Å². The standard InChI is InChI=1S/C20H16N6O/c21-16(10-14-12-24-17-4-2-1-3-15(14)17)20(27)26-25-11-13-5-6-18-19(9-13)23-8-7-22-18/h1-12,24H,21H2,(H,26,27)/b16-10?,25-11+. The van der Waals surface area contributed by atoms with E-state index in [1.807, 2.05) is 48.7 Å². The Kier molecular flexibility index (Phi) is 4.32. The lowest BCUT2D eigenvalue weighted by Crippen LogP contribution is -2.24. The van der Waals surface area contributed by atoms with Crippen LogP contribution in [0.15, 0.2) is 71.9 Å². The largest absolute Gasteiger partial charge is 0.394 e. The zero-order valence-electron chi connectivity index (χ0n) is 14.3. The second-order valence-corrected chi connectivity index (χ2v) is 5.89. The molecule has 0 radical (unpaired) electrons. The van der Waals surface area contributed by atoms with E-state index in [1.54, 1.807) is 18.5 Å². The van der Waals surface area contributed by atoms with E-state index >= 15 is 0 Å². The van der Waals surface area contributed by atoms with Crippen molar-refractivity contribution < 1.29 is 4.79 Å². The van der Waals surface area contributed by atoms with Crippen LogP contribution in [-0.2, 0) is 4.79 Å². The Labute approximate surface area is 154 Å². The van der Waals surface area contributed by atoms with Gasteiger partial charge < -0.3 is 10.7 Å². The molecule has 0 aliphatic rings. The Bertz CT molecular complexity index is 1190. The average Bonchev–Trinajstić information content (AvgIpc) is 3.11. The van der Waals surface area contributed by atoms with Crippen LogP contribution in [-0.4, -0.2) is 27.1 Å². The molecule has 132 valence electrons. The minimum atomic E-state index is -0.475. The predicted octanol–water partition coefficient (Wildman–Crippen LogP) is 2.56. The molecule has 2 aromatic carbocycles. The van der Waals surface area contributed by atoms with Crippen LogP contribution in [0.5, 0.6) is 0 Å². The number of carbonyl (C=O) groups is 1. The quantitative estimate of drug-likeness (QED) is 0.296. The van der Waals surface area contributed by atoms with Gasteiger partial charge >= 0.3 is 0 Å². The SMILES string of the molecule is NC(=Cc1c[nH]c2ccccc12)C(=O)N/N=C/c1ccc2nccnc2c1. The second kappa shape index (κ2) is 7.09. The number of amides is 1. The summed E-state index contributed by atoms with van der Waals surface area (Å²) >= 11 is 0. The van der Waals surface area contributed by atoms with Gasteiger partial charge in [0.05, 0.1) is 22.9 Å². The summed E-state index contributed by atoms with van der Waals surface area (Å²) in [6, 6.07) is 13.3. The number of aromatic nitrogens is 3. The highest BCUT2D eigenvalue weighted by molar-refractivity contribution is 6.00. The van der Waals surface area contributed by atoms with Crippen LogP contribution in [0.4, 0.5) is 0 Å². The lowest BCUT2D eigenvalue weighted by molar-refractivity contribution is -0.117. The summed E-state index contributed by atoms with van der Waals surface area (Å²) in [5, 5.41) is 4.95. The Morgan fingerprint density at radius 1 is 1.11 bits per heavy atom. The predicted molar refractivity (Wildman–Crippen MR) is 106 cm³/mol. The fourth-order valence-corrected chi connectivity index (χ4v) is 2.74. The van der Waals surface area contributed by atoms with E-state index in [1.165, 1.54) is 6.21 Å². The summed E-state index contributed by atoms with van der Waals surface area (Å²) in [4.78, 5) is 23.7. The van der Waals surface area contributed by atoms with Crippen LogP contribution in [0.3, 0.4) is 0 Å². The van der Waals surface area contributed by atoms with Crippen LogP contribution in [0.2, 0.25) is 0 Å². The third kappa shape index (κ3) is 3.52. The number of hydrogen-bond donors (Lipinski definition) is 3. The van der Waals surface area contributed by atoms with Crippen molar-refractivity contribution in [2.75, 3.05) is 0 Å². The van der Waals surface area contributed by atoms with Crippen molar-refractivity contribution in [3.63, 3.8) is 0 Å². The summed E-state index contributed by atoms with van der Waals surface area (Å²) in [6.07, 6.45) is 8.23. The molecular formula is C20H16N6O. The number of nitrogens with two attached hydrogens (primary N) is 1. The molecule has 4 rings (SSSR count). The van der Waals surface area contributed by atoms with Crippen molar-refractivity contribution in [3.8, 4) is 0 Å². The van der Waals surface area contributed by atoms with Crippen LogP contribution in [0.25, 0.3) is 28.0 Å². The molecule has 0 saturated heterocycles. The van der Waals surface area contributed by atoms with Gasteiger partial charge in [-0.1, -0.05) is 24.3 Å². The fourth-order valence-electron chi connectivity index (χ4n) is 2.74. The molecular weight excluding hydrogens is 340 g/mol. The first-order valence-corrected chi connectivity index (χ1v) is 8.28. The summed E-state index contributed by atoms with van der Waals surface area (Å²) < 4.78 is 0. The normalized spacial score (nSPS) is 12.1. The lowest BCUT2D eigenvalue weighted by atomic mass is 10.1. The number of hydrazone groups is 1. The number of aromatic amines is 1. The first-order chi connectivity index (χ1) is 13.2. The van der Waals surface area contributed by atoms with Crippen molar-refractivity contribution in [2.24, 2.45) is 10.8 Å². The van der Waals surface area contributed by atoms with E-state index < -0.39 is 5.91 Å². The van der Waals surface area contributed by atoms with E-state index in [4.69, 9.17) is 5.73 Å². The number of H-pyrrole nitrogens is 1. The number of para-hydroxylation sites is 1. The summed E-state index contributed by atoms with van der Waals surface area (Å²) in [5.74, 6) is -0.475. The first-order valence-electron chi connectivity index (χ1n) is 8.28. The van der Waals surface area contributed by atoms with E-state index in [-0.39, 0.29) is 5.70 Å². The maximum absolute atomic E-state index is 12.2. The van der Waals surface area contributed by atoms with Crippen molar-refractivity contribution >= 4 is 40.1 Å². The van der Waals surface area contributed by atoms with E-state index in [0.29, 0.717) is 0 Å². The molecule has 7 heteroatoms. The number of nitrogens with one attached hydrogen (secondary N) is 2. The van der Waals surface area contributed by atoms with Gasteiger partial charge in [0, 0.05) is 35.1 Å². The molecule has 0 fully saturated rings. The number of rotatable bonds is 4. The Balaban J connectivity index is 1.47. The molecule has 2 aromatic heterocycles. The van der Waals surface area contributed by atoms with Gasteiger partial charge in [0.25, 0.3) is 5.91 Å². The van der Waals surface area contributed by atoms with Gasteiger partial charge in [-0.25, -0.2) is 5.43 Å². The maximum atomic E-state index is 12.2. The fraction of sp³-hybridized carbons (Fsp3) is 0. The number of nitrogens with zero attached hydrogens (tertiary/aromatic N) is 3. The Morgan fingerprint density at radius 3 is 2.81 bits per heavy atom. The molecule has 0 atom stereocenters. The van der Waals surface area contributed by atoms with Gasteiger partial charge in [-0.05, 0) is 29.8 Å². The van der Waals surface area contributed by atoms with Gasteiger partial charge in [-0.2, -0.15) is 5.10 Å². The highest BCUT2D eigenvalue weighted by Gasteiger charge is 2.06. The van der Waals surface area contributed by atoms with E-state index in [9.17, 15) is 4.79 Å². The van der Waals surface area contributed by atoms with Crippen LogP contribution in [0, 0.1) is 0 Å². The Hall–Kier alpha value is -4.00. The molecule has 0 unspecified atom stereocenters. The highest BCUT2D eigenvalue weighted by atomic mass is 16.2. The molecule has 4 N–H and O–H groups in total. The third-order valence-corrected chi connectivity index (χ3v) is 4.07. The van der Waals surface area contributed by atoms with E-state index in [0.717, 1.165) is 33.1 Å². The minimum absolute atomic E-state index is 0.0706. The minimum Gasteiger partial charge on any atom is -0.394 e. The second-order valence-electron chi connectivity index (χ2n) is 5.89.